The van der Waals surface area contributed by atoms with Gasteiger partial charge < -0.3 is 10.2 Å². The molecule has 0 radical (unpaired) electrons. The molecular formula is C15H22N2O2S. The zero-order valence-corrected chi connectivity index (χ0v) is 12.5. The van der Waals surface area contributed by atoms with Crippen molar-refractivity contribution in [2.24, 2.45) is 0 Å². The Morgan fingerprint density at radius 2 is 1.85 bits per heavy atom. The van der Waals surface area contributed by atoms with E-state index in [-0.39, 0.29) is 11.8 Å². The van der Waals surface area contributed by atoms with E-state index in [2.05, 4.69) is 28.4 Å². The molecule has 1 N–H and O–H groups in total. The monoisotopic (exact) mass is 294 g/mol. The van der Waals surface area contributed by atoms with E-state index in [0.29, 0.717) is 5.75 Å². The molecule has 1 unspecified atom stereocenters. The molecule has 0 saturated carbocycles. The lowest BCUT2D eigenvalue weighted by Crippen LogP contribution is -2.31. The zero-order valence-electron chi connectivity index (χ0n) is 11.7. The molecule has 2 saturated heterocycles. The Bertz CT molecular complexity index is 565. The lowest BCUT2D eigenvalue weighted by atomic mass is 10.1. The molecule has 2 aliphatic heterocycles. The number of para-hydroxylation sites is 2. The minimum atomic E-state index is -2.83. The van der Waals surface area contributed by atoms with Crippen LogP contribution in [0.3, 0.4) is 0 Å². The Balaban J connectivity index is 1.76. The van der Waals surface area contributed by atoms with Gasteiger partial charge in [0, 0.05) is 19.1 Å². The molecule has 1 aromatic rings. The standard InChI is InChI=1S/C15H22N2O2S/c18-20(19)11-8-13(12-20)16-14-6-2-3-7-15(14)17-9-4-1-5-10-17/h2-3,6-7,13,16H,1,4-5,8-12H2. The van der Waals surface area contributed by atoms with E-state index in [1.807, 2.05) is 6.07 Å². The van der Waals surface area contributed by atoms with Gasteiger partial charge in [-0.3, -0.25) is 0 Å². The van der Waals surface area contributed by atoms with Crippen molar-refractivity contribution in [1.29, 1.82) is 0 Å². The summed E-state index contributed by atoms with van der Waals surface area (Å²) >= 11 is 0. The summed E-state index contributed by atoms with van der Waals surface area (Å²) in [5.41, 5.74) is 2.30. The number of sulfone groups is 1. The number of anilines is 2. The van der Waals surface area contributed by atoms with Crippen molar-refractivity contribution in [2.45, 2.75) is 31.7 Å². The van der Waals surface area contributed by atoms with Gasteiger partial charge >= 0.3 is 0 Å². The van der Waals surface area contributed by atoms with E-state index in [0.717, 1.165) is 25.2 Å². The van der Waals surface area contributed by atoms with Crippen LogP contribution in [0.4, 0.5) is 11.4 Å². The van der Waals surface area contributed by atoms with Gasteiger partial charge in [-0.25, -0.2) is 8.42 Å². The second-order valence-electron chi connectivity index (χ2n) is 5.81. The quantitative estimate of drug-likeness (QED) is 0.929. The van der Waals surface area contributed by atoms with Gasteiger partial charge in [-0.2, -0.15) is 0 Å². The van der Waals surface area contributed by atoms with E-state index in [1.165, 1.54) is 24.9 Å². The molecule has 3 rings (SSSR count). The highest BCUT2D eigenvalue weighted by Gasteiger charge is 2.28. The van der Waals surface area contributed by atoms with Gasteiger partial charge in [0.1, 0.15) is 0 Å². The minimum absolute atomic E-state index is 0.0611. The van der Waals surface area contributed by atoms with Gasteiger partial charge in [0.2, 0.25) is 0 Å². The summed E-state index contributed by atoms with van der Waals surface area (Å²) in [7, 11) is -2.83. The number of hydrogen-bond donors (Lipinski definition) is 1. The fraction of sp³-hybridized carbons (Fsp3) is 0.600. The average Bonchev–Trinajstić information content (AvgIpc) is 2.79. The molecule has 1 atom stereocenters. The first-order chi connectivity index (χ1) is 9.64. The first kappa shape index (κ1) is 13.7. The van der Waals surface area contributed by atoms with E-state index in [9.17, 15) is 8.42 Å². The normalized spacial score (nSPS) is 25.6. The molecule has 0 spiro atoms. The topological polar surface area (TPSA) is 49.4 Å². The van der Waals surface area contributed by atoms with Crippen LogP contribution in [-0.2, 0) is 9.84 Å². The van der Waals surface area contributed by atoms with Crippen molar-refractivity contribution in [2.75, 3.05) is 34.8 Å². The van der Waals surface area contributed by atoms with Crippen molar-refractivity contribution in [3.05, 3.63) is 24.3 Å². The van der Waals surface area contributed by atoms with Crippen molar-refractivity contribution < 1.29 is 8.42 Å². The van der Waals surface area contributed by atoms with Crippen LogP contribution in [-0.4, -0.2) is 39.1 Å². The van der Waals surface area contributed by atoms with Gasteiger partial charge in [-0.15, -0.1) is 0 Å². The summed E-state index contributed by atoms with van der Waals surface area (Å²) in [5, 5.41) is 3.44. The van der Waals surface area contributed by atoms with Crippen molar-refractivity contribution in [3.8, 4) is 0 Å². The summed E-state index contributed by atoms with van der Waals surface area (Å²) < 4.78 is 23.1. The van der Waals surface area contributed by atoms with Crippen molar-refractivity contribution in [3.63, 3.8) is 0 Å². The van der Waals surface area contributed by atoms with Gasteiger partial charge in [-0.05, 0) is 37.8 Å². The molecule has 5 heteroatoms. The number of piperidine rings is 1. The Morgan fingerprint density at radius 3 is 2.55 bits per heavy atom. The summed E-state index contributed by atoms with van der Waals surface area (Å²) in [4.78, 5) is 2.41. The molecule has 110 valence electrons. The molecule has 1 aromatic carbocycles. The van der Waals surface area contributed by atoms with Crippen LogP contribution in [0.25, 0.3) is 0 Å². The number of nitrogens with zero attached hydrogens (tertiary/aromatic N) is 1. The van der Waals surface area contributed by atoms with E-state index in [1.54, 1.807) is 0 Å². The molecule has 0 aliphatic carbocycles. The number of benzene rings is 1. The third-order valence-corrected chi connectivity index (χ3v) is 5.96. The highest BCUT2D eigenvalue weighted by Crippen LogP contribution is 2.30. The van der Waals surface area contributed by atoms with E-state index < -0.39 is 9.84 Å². The second-order valence-corrected chi connectivity index (χ2v) is 8.04. The molecule has 0 amide bonds. The highest BCUT2D eigenvalue weighted by molar-refractivity contribution is 7.91. The number of nitrogens with one attached hydrogen (secondary N) is 1. The SMILES string of the molecule is O=S1(=O)CCC(Nc2ccccc2N2CCCCC2)C1. The molecule has 0 bridgehead atoms. The minimum Gasteiger partial charge on any atom is -0.380 e. The second kappa shape index (κ2) is 5.64. The Kier molecular flexibility index (Phi) is 3.87. The third kappa shape index (κ3) is 3.08. The van der Waals surface area contributed by atoms with Gasteiger partial charge in [0.15, 0.2) is 9.84 Å². The predicted octanol–water partition coefficient (Wildman–Crippen LogP) is 2.28. The van der Waals surface area contributed by atoms with Crippen LogP contribution >= 0.6 is 0 Å². The van der Waals surface area contributed by atoms with Crippen LogP contribution in [0.15, 0.2) is 24.3 Å². The van der Waals surface area contributed by atoms with Crippen molar-refractivity contribution >= 4 is 21.2 Å². The number of hydrogen-bond acceptors (Lipinski definition) is 4. The summed E-state index contributed by atoms with van der Waals surface area (Å²) in [6, 6.07) is 8.33. The fourth-order valence-corrected chi connectivity index (χ4v) is 4.81. The molecule has 4 nitrogen and oxygen atoms in total. The smallest absolute Gasteiger partial charge is 0.152 e. The third-order valence-electron chi connectivity index (χ3n) is 4.19. The largest absolute Gasteiger partial charge is 0.380 e. The molecule has 2 heterocycles. The van der Waals surface area contributed by atoms with Crippen LogP contribution in [0.1, 0.15) is 25.7 Å². The molecule has 2 aliphatic rings. The maximum absolute atomic E-state index is 11.6. The molecular weight excluding hydrogens is 272 g/mol. The molecule has 0 aromatic heterocycles. The van der Waals surface area contributed by atoms with Crippen LogP contribution in [0.2, 0.25) is 0 Å². The van der Waals surface area contributed by atoms with E-state index in [4.69, 9.17) is 0 Å². The summed E-state index contributed by atoms with van der Waals surface area (Å²) in [5.74, 6) is 0.581. The Labute approximate surface area is 121 Å². The van der Waals surface area contributed by atoms with E-state index >= 15 is 0 Å². The lowest BCUT2D eigenvalue weighted by molar-refractivity contribution is 0.578. The van der Waals surface area contributed by atoms with Crippen LogP contribution < -0.4 is 10.2 Å². The van der Waals surface area contributed by atoms with Crippen LogP contribution in [0, 0.1) is 0 Å². The lowest BCUT2D eigenvalue weighted by Gasteiger charge is -2.31. The highest BCUT2D eigenvalue weighted by atomic mass is 32.2. The maximum Gasteiger partial charge on any atom is 0.152 e. The first-order valence-corrected chi connectivity index (χ1v) is 9.27. The molecule has 2 fully saturated rings. The average molecular weight is 294 g/mol. The zero-order chi connectivity index (χ0) is 14.0. The summed E-state index contributed by atoms with van der Waals surface area (Å²) in [6.45, 7) is 2.20. The van der Waals surface area contributed by atoms with Crippen molar-refractivity contribution in [1.82, 2.24) is 0 Å². The fourth-order valence-electron chi connectivity index (χ4n) is 3.14. The Morgan fingerprint density at radius 1 is 1.10 bits per heavy atom. The first-order valence-electron chi connectivity index (χ1n) is 7.45. The summed E-state index contributed by atoms with van der Waals surface area (Å²) in [6.07, 6.45) is 4.52. The number of rotatable bonds is 3. The van der Waals surface area contributed by atoms with Gasteiger partial charge in [0.25, 0.3) is 0 Å². The predicted molar refractivity (Wildman–Crippen MR) is 83.2 cm³/mol. The maximum atomic E-state index is 11.6. The molecule has 20 heavy (non-hydrogen) atoms. The van der Waals surface area contributed by atoms with Gasteiger partial charge in [-0.1, -0.05) is 12.1 Å². The van der Waals surface area contributed by atoms with Gasteiger partial charge in [0.05, 0.1) is 22.9 Å². The van der Waals surface area contributed by atoms with Crippen LogP contribution in [0.5, 0.6) is 0 Å². The Hall–Kier alpha value is -1.23.